The number of hydrogen-bond acceptors (Lipinski definition) is 3. The number of halogens is 1. The van der Waals surface area contributed by atoms with Gasteiger partial charge in [-0.2, -0.15) is 0 Å². The first-order valence-corrected chi connectivity index (χ1v) is 6.98. The van der Waals surface area contributed by atoms with Crippen molar-refractivity contribution in [1.29, 1.82) is 0 Å². The van der Waals surface area contributed by atoms with Crippen LogP contribution in [0.25, 0.3) is 0 Å². The van der Waals surface area contributed by atoms with Gasteiger partial charge in [-0.15, -0.1) is 0 Å². The lowest BCUT2D eigenvalue weighted by Crippen LogP contribution is -1.97. The van der Waals surface area contributed by atoms with E-state index >= 15 is 0 Å². The Kier molecular flexibility index (Phi) is 4.36. The Bertz CT molecular complexity index is 614. The highest BCUT2D eigenvalue weighted by molar-refractivity contribution is 14.1. The first-order valence-electron chi connectivity index (χ1n) is 5.90. The molecule has 0 aliphatic carbocycles. The van der Waals surface area contributed by atoms with Crippen LogP contribution in [-0.2, 0) is 6.42 Å². The smallest absolute Gasteiger partial charge is 0.282 e. The topological polar surface area (TPSA) is 55.2 Å². The van der Waals surface area contributed by atoms with Crippen LogP contribution in [0.2, 0.25) is 0 Å². The van der Waals surface area contributed by atoms with Gasteiger partial charge in [0.05, 0.1) is 8.49 Å². The molecule has 0 unspecified atom stereocenters. The van der Waals surface area contributed by atoms with E-state index in [1.165, 1.54) is 11.6 Å². The number of hydrogen-bond donors (Lipinski definition) is 1. The van der Waals surface area contributed by atoms with Crippen molar-refractivity contribution in [3.05, 3.63) is 61.7 Å². The summed E-state index contributed by atoms with van der Waals surface area (Å²) in [6.07, 6.45) is 0.938. The van der Waals surface area contributed by atoms with E-state index in [0.717, 1.165) is 17.8 Å². The molecular weight excluding hydrogens is 355 g/mol. The Morgan fingerprint density at radius 2 is 2.00 bits per heavy atom. The second-order valence-corrected chi connectivity index (χ2v) is 5.22. The molecule has 0 saturated heterocycles. The fourth-order valence-corrected chi connectivity index (χ4v) is 2.55. The van der Waals surface area contributed by atoms with Crippen molar-refractivity contribution in [2.45, 2.75) is 13.3 Å². The van der Waals surface area contributed by atoms with Gasteiger partial charge < -0.3 is 5.32 Å². The minimum Gasteiger partial charge on any atom is -0.355 e. The number of nitro groups is 1. The lowest BCUT2D eigenvalue weighted by Gasteiger charge is -2.11. The van der Waals surface area contributed by atoms with E-state index in [2.05, 4.69) is 18.3 Å². The SMILES string of the molecule is CCc1ccccc1Nc1ccc([N+](=O)[O-])c(I)c1. The van der Waals surface area contributed by atoms with Gasteiger partial charge in [0.25, 0.3) is 5.69 Å². The Labute approximate surface area is 125 Å². The van der Waals surface area contributed by atoms with Gasteiger partial charge in [-0.1, -0.05) is 25.1 Å². The van der Waals surface area contributed by atoms with Gasteiger partial charge in [-0.25, -0.2) is 0 Å². The van der Waals surface area contributed by atoms with Crippen LogP contribution in [-0.4, -0.2) is 4.92 Å². The molecule has 0 spiro atoms. The standard InChI is InChI=1S/C14H13IN2O2/c1-2-10-5-3-4-6-13(10)16-11-7-8-14(17(18)19)12(15)9-11/h3-9,16H,2H2,1H3. The lowest BCUT2D eigenvalue weighted by molar-refractivity contribution is -0.385. The molecule has 0 saturated carbocycles. The molecule has 0 aliphatic rings. The highest BCUT2D eigenvalue weighted by atomic mass is 127. The zero-order valence-corrected chi connectivity index (χ0v) is 12.5. The quantitative estimate of drug-likeness (QED) is 0.491. The van der Waals surface area contributed by atoms with Crippen LogP contribution in [0.15, 0.2) is 42.5 Å². The molecule has 5 heteroatoms. The molecule has 1 N–H and O–H groups in total. The molecule has 0 radical (unpaired) electrons. The Hall–Kier alpha value is -1.63. The van der Waals surface area contributed by atoms with Crippen LogP contribution < -0.4 is 5.32 Å². The largest absolute Gasteiger partial charge is 0.355 e. The van der Waals surface area contributed by atoms with Crippen LogP contribution in [0.3, 0.4) is 0 Å². The predicted octanol–water partition coefficient (Wildman–Crippen LogP) is 4.51. The Morgan fingerprint density at radius 1 is 1.26 bits per heavy atom. The van der Waals surface area contributed by atoms with E-state index in [1.54, 1.807) is 12.1 Å². The van der Waals surface area contributed by atoms with E-state index < -0.39 is 0 Å². The number of nitrogens with one attached hydrogen (secondary N) is 1. The molecule has 0 aliphatic heterocycles. The summed E-state index contributed by atoms with van der Waals surface area (Å²) in [6, 6.07) is 13.1. The highest BCUT2D eigenvalue weighted by Crippen LogP contribution is 2.27. The summed E-state index contributed by atoms with van der Waals surface area (Å²) in [7, 11) is 0. The molecular formula is C14H13IN2O2. The highest BCUT2D eigenvalue weighted by Gasteiger charge is 2.11. The maximum atomic E-state index is 10.8. The van der Waals surface area contributed by atoms with Crippen molar-refractivity contribution >= 4 is 39.7 Å². The number of nitrogens with zero attached hydrogens (tertiary/aromatic N) is 1. The summed E-state index contributed by atoms with van der Waals surface area (Å²) < 4.78 is 0.626. The summed E-state index contributed by atoms with van der Waals surface area (Å²) in [5.41, 5.74) is 3.25. The molecule has 19 heavy (non-hydrogen) atoms. The molecule has 2 aromatic carbocycles. The molecule has 2 rings (SSSR count). The van der Waals surface area contributed by atoms with Crippen molar-refractivity contribution in [1.82, 2.24) is 0 Å². The third-order valence-corrected chi connectivity index (χ3v) is 3.69. The second kappa shape index (κ2) is 6.01. The lowest BCUT2D eigenvalue weighted by atomic mass is 10.1. The molecule has 0 atom stereocenters. The van der Waals surface area contributed by atoms with Gasteiger partial charge in [0, 0.05) is 17.4 Å². The van der Waals surface area contributed by atoms with E-state index in [4.69, 9.17) is 0 Å². The number of para-hydroxylation sites is 1. The van der Waals surface area contributed by atoms with E-state index in [1.807, 2.05) is 40.8 Å². The summed E-state index contributed by atoms with van der Waals surface area (Å²) in [5.74, 6) is 0. The van der Waals surface area contributed by atoms with Crippen LogP contribution in [0.1, 0.15) is 12.5 Å². The van der Waals surface area contributed by atoms with Gasteiger partial charge in [0.15, 0.2) is 0 Å². The molecule has 0 aromatic heterocycles. The van der Waals surface area contributed by atoms with Crippen LogP contribution in [0, 0.1) is 13.7 Å². The second-order valence-electron chi connectivity index (χ2n) is 4.06. The maximum Gasteiger partial charge on any atom is 0.282 e. The third-order valence-electron chi connectivity index (χ3n) is 2.82. The van der Waals surface area contributed by atoms with Crippen LogP contribution in [0.4, 0.5) is 17.1 Å². The zero-order chi connectivity index (χ0) is 13.8. The monoisotopic (exact) mass is 368 g/mol. The summed E-state index contributed by atoms with van der Waals surface area (Å²) in [6.45, 7) is 2.10. The van der Waals surface area contributed by atoms with Gasteiger partial charge in [-0.05, 0) is 52.8 Å². The molecule has 0 fully saturated rings. The molecule has 2 aromatic rings. The van der Waals surface area contributed by atoms with Crippen molar-refractivity contribution in [3.8, 4) is 0 Å². The zero-order valence-electron chi connectivity index (χ0n) is 10.4. The maximum absolute atomic E-state index is 10.8. The van der Waals surface area contributed by atoms with Crippen molar-refractivity contribution in [2.75, 3.05) is 5.32 Å². The number of benzene rings is 2. The first kappa shape index (κ1) is 13.8. The summed E-state index contributed by atoms with van der Waals surface area (Å²) in [4.78, 5) is 10.4. The fraction of sp³-hybridized carbons (Fsp3) is 0.143. The molecule has 0 heterocycles. The normalized spacial score (nSPS) is 10.2. The van der Waals surface area contributed by atoms with Gasteiger partial charge in [0.1, 0.15) is 0 Å². The number of rotatable bonds is 4. The average molecular weight is 368 g/mol. The predicted molar refractivity (Wildman–Crippen MR) is 84.9 cm³/mol. The van der Waals surface area contributed by atoms with Crippen LogP contribution in [0.5, 0.6) is 0 Å². The van der Waals surface area contributed by atoms with Crippen molar-refractivity contribution in [2.24, 2.45) is 0 Å². The fourth-order valence-electron chi connectivity index (χ4n) is 1.84. The number of aryl methyl sites for hydroxylation is 1. The van der Waals surface area contributed by atoms with E-state index in [-0.39, 0.29) is 10.6 Å². The molecule has 0 bridgehead atoms. The summed E-state index contributed by atoms with van der Waals surface area (Å²) >= 11 is 1.98. The number of nitro benzene ring substituents is 1. The summed E-state index contributed by atoms with van der Waals surface area (Å²) in [5, 5.41) is 14.1. The van der Waals surface area contributed by atoms with Gasteiger partial charge >= 0.3 is 0 Å². The number of anilines is 2. The van der Waals surface area contributed by atoms with E-state index in [0.29, 0.717) is 3.57 Å². The van der Waals surface area contributed by atoms with Gasteiger partial charge in [-0.3, -0.25) is 10.1 Å². The van der Waals surface area contributed by atoms with Crippen molar-refractivity contribution < 1.29 is 4.92 Å². The van der Waals surface area contributed by atoms with Gasteiger partial charge in [0.2, 0.25) is 0 Å². The average Bonchev–Trinajstić information content (AvgIpc) is 2.39. The van der Waals surface area contributed by atoms with E-state index in [9.17, 15) is 10.1 Å². The minimum absolute atomic E-state index is 0.134. The minimum atomic E-state index is -0.370. The Balaban J connectivity index is 2.29. The molecule has 0 amide bonds. The Morgan fingerprint density at radius 3 is 2.63 bits per heavy atom. The molecule has 98 valence electrons. The first-order chi connectivity index (χ1) is 9.11. The third kappa shape index (κ3) is 3.23. The van der Waals surface area contributed by atoms with Crippen molar-refractivity contribution in [3.63, 3.8) is 0 Å². The van der Waals surface area contributed by atoms with Crippen LogP contribution >= 0.6 is 22.6 Å². The molecule has 4 nitrogen and oxygen atoms in total.